The first-order valence-electron chi connectivity index (χ1n) is 9.43. The van der Waals surface area contributed by atoms with Crippen molar-refractivity contribution in [1.82, 2.24) is 4.90 Å². The molecule has 2 heterocycles. The van der Waals surface area contributed by atoms with Crippen molar-refractivity contribution >= 4 is 17.3 Å². The molecule has 142 valence electrons. The normalized spacial score (nSPS) is 24.6. The van der Waals surface area contributed by atoms with Crippen molar-refractivity contribution in [3.8, 4) is 0 Å². The van der Waals surface area contributed by atoms with Gasteiger partial charge in [-0.2, -0.15) is 0 Å². The Balaban J connectivity index is 1.85. The fourth-order valence-electron chi connectivity index (χ4n) is 4.21. The van der Waals surface area contributed by atoms with Gasteiger partial charge in [0.2, 0.25) is 0 Å². The highest BCUT2D eigenvalue weighted by Gasteiger charge is 2.29. The summed E-state index contributed by atoms with van der Waals surface area (Å²) in [6.07, 6.45) is 2.68. The molecule has 26 heavy (non-hydrogen) atoms. The first kappa shape index (κ1) is 18.6. The SMILES string of the molecule is CC1CC(C)CN(c2ccc(C(=O)N3CCC(N)CC3)cc2[N+](=O)[O-])C1. The number of hydrogen-bond donors (Lipinski definition) is 1. The molecule has 2 unspecified atom stereocenters. The Kier molecular flexibility index (Phi) is 5.46. The number of nitrogens with two attached hydrogens (primary N) is 1. The van der Waals surface area contributed by atoms with Gasteiger partial charge in [-0.1, -0.05) is 13.8 Å². The lowest BCUT2D eigenvalue weighted by molar-refractivity contribution is -0.384. The Morgan fingerprint density at radius 3 is 2.38 bits per heavy atom. The third-order valence-corrected chi connectivity index (χ3v) is 5.46. The summed E-state index contributed by atoms with van der Waals surface area (Å²) in [4.78, 5) is 27.8. The van der Waals surface area contributed by atoms with E-state index in [2.05, 4.69) is 18.7 Å². The molecular weight excluding hydrogens is 332 g/mol. The monoisotopic (exact) mass is 360 g/mol. The number of rotatable bonds is 3. The number of carbonyl (C=O) groups excluding carboxylic acids is 1. The van der Waals surface area contributed by atoms with Crippen molar-refractivity contribution < 1.29 is 9.72 Å². The highest BCUT2D eigenvalue weighted by molar-refractivity contribution is 5.96. The maximum atomic E-state index is 12.7. The van der Waals surface area contributed by atoms with Crippen LogP contribution >= 0.6 is 0 Å². The van der Waals surface area contributed by atoms with Crippen LogP contribution in [0.1, 0.15) is 43.5 Å². The lowest BCUT2D eigenvalue weighted by Gasteiger charge is -2.36. The molecule has 1 amide bonds. The van der Waals surface area contributed by atoms with E-state index in [-0.39, 0.29) is 22.6 Å². The maximum Gasteiger partial charge on any atom is 0.293 e. The summed E-state index contributed by atoms with van der Waals surface area (Å²) in [5.41, 5.74) is 6.91. The minimum atomic E-state index is -0.373. The number of hydrogen-bond acceptors (Lipinski definition) is 5. The number of amides is 1. The zero-order valence-electron chi connectivity index (χ0n) is 15.6. The van der Waals surface area contributed by atoms with Gasteiger partial charge in [-0.15, -0.1) is 0 Å². The number of nitro benzene ring substituents is 1. The summed E-state index contributed by atoms with van der Waals surface area (Å²) in [7, 11) is 0. The second-order valence-electron chi connectivity index (χ2n) is 7.94. The highest BCUT2D eigenvalue weighted by atomic mass is 16.6. The molecule has 7 heteroatoms. The third-order valence-electron chi connectivity index (χ3n) is 5.46. The predicted molar refractivity (Wildman–Crippen MR) is 101 cm³/mol. The Bertz CT molecular complexity index is 675. The van der Waals surface area contributed by atoms with E-state index in [1.165, 1.54) is 6.07 Å². The van der Waals surface area contributed by atoms with Crippen molar-refractivity contribution in [3.05, 3.63) is 33.9 Å². The van der Waals surface area contributed by atoms with Crippen LogP contribution in [-0.2, 0) is 0 Å². The van der Waals surface area contributed by atoms with E-state index >= 15 is 0 Å². The van der Waals surface area contributed by atoms with E-state index in [4.69, 9.17) is 5.73 Å². The number of benzene rings is 1. The number of nitrogens with zero attached hydrogens (tertiary/aromatic N) is 3. The fraction of sp³-hybridized carbons (Fsp3) is 0.632. The Morgan fingerprint density at radius 1 is 1.19 bits per heavy atom. The maximum absolute atomic E-state index is 12.7. The second-order valence-corrected chi connectivity index (χ2v) is 7.94. The lowest BCUT2D eigenvalue weighted by atomic mass is 9.91. The highest BCUT2D eigenvalue weighted by Crippen LogP contribution is 2.34. The molecular formula is C19H28N4O3. The van der Waals surface area contributed by atoms with Crippen LogP contribution in [0.25, 0.3) is 0 Å². The Morgan fingerprint density at radius 2 is 1.81 bits per heavy atom. The third kappa shape index (κ3) is 3.98. The fourth-order valence-corrected chi connectivity index (χ4v) is 4.21. The summed E-state index contributed by atoms with van der Waals surface area (Å²) < 4.78 is 0. The van der Waals surface area contributed by atoms with Crippen LogP contribution in [0.5, 0.6) is 0 Å². The zero-order chi connectivity index (χ0) is 18.8. The zero-order valence-corrected chi connectivity index (χ0v) is 15.6. The van der Waals surface area contributed by atoms with Gasteiger partial charge >= 0.3 is 0 Å². The lowest BCUT2D eigenvalue weighted by Crippen LogP contribution is -2.43. The molecule has 0 aromatic heterocycles. The van der Waals surface area contributed by atoms with Crippen LogP contribution in [0.4, 0.5) is 11.4 Å². The number of carbonyl (C=O) groups is 1. The van der Waals surface area contributed by atoms with Crippen molar-refractivity contribution in [2.75, 3.05) is 31.1 Å². The van der Waals surface area contributed by atoms with E-state index in [1.54, 1.807) is 17.0 Å². The molecule has 2 aliphatic heterocycles. The largest absolute Gasteiger partial charge is 0.365 e. The molecule has 0 bridgehead atoms. The summed E-state index contributed by atoms with van der Waals surface area (Å²) >= 11 is 0. The van der Waals surface area contributed by atoms with Crippen LogP contribution < -0.4 is 10.6 Å². The van der Waals surface area contributed by atoms with E-state index in [1.807, 2.05) is 0 Å². The molecule has 0 aliphatic carbocycles. The van der Waals surface area contributed by atoms with Gasteiger partial charge in [-0.25, -0.2) is 0 Å². The number of piperidine rings is 2. The summed E-state index contributed by atoms with van der Waals surface area (Å²) in [6.45, 7) is 7.18. The van der Waals surface area contributed by atoms with Crippen LogP contribution in [0.15, 0.2) is 18.2 Å². The summed E-state index contributed by atoms with van der Waals surface area (Å²) in [5, 5.41) is 11.7. The number of anilines is 1. The van der Waals surface area contributed by atoms with Crippen LogP contribution in [-0.4, -0.2) is 48.0 Å². The molecule has 1 aromatic carbocycles. The molecule has 0 radical (unpaired) electrons. The molecule has 7 nitrogen and oxygen atoms in total. The molecule has 2 saturated heterocycles. The van der Waals surface area contributed by atoms with E-state index < -0.39 is 0 Å². The first-order chi connectivity index (χ1) is 12.3. The van der Waals surface area contributed by atoms with Gasteiger partial charge in [-0.05, 0) is 43.2 Å². The van der Waals surface area contributed by atoms with Gasteiger partial charge in [0.25, 0.3) is 11.6 Å². The average molecular weight is 360 g/mol. The summed E-state index contributed by atoms with van der Waals surface area (Å²) in [6, 6.07) is 5.05. The second kappa shape index (κ2) is 7.61. The smallest absolute Gasteiger partial charge is 0.293 e. The molecule has 2 N–H and O–H groups in total. The van der Waals surface area contributed by atoms with Crippen LogP contribution in [0.3, 0.4) is 0 Å². The summed E-state index contributed by atoms with van der Waals surface area (Å²) in [5.74, 6) is 0.848. The van der Waals surface area contributed by atoms with Crippen molar-refractivity contribution in [3.63, 3.8) is 0 Å². The molecule has 2 aliphatic rings. The van der Waals surface area contributed by atoms with Crippen molar-refractivity contribution in [2.24, 2.45) is 17.6 Å². The number of nitro groups is 1. The van der Waals surface area contributed by atoms with Gasteiger partial charge in [0.1, 0.15) is 5.69 Å². The van der Waals surface area contributed by atoms with E-state index in [0.29, 0.717) is 36.2 Å². The van der Waals surface area contributed by atoms with Crippen molar-refractivity contribution in [2.45, 2.75) is 39.2 Å². The van der Waals surface area contributed by atoms with Gasteiger partial charge in [0, 0.05) is 43.9 Å². The van der Waals surface area contributed by atoms with Gasteiger partial charge < -0.3 is 15.5 Å². The van der Waals surface area contributed by atoms with Gasteiger partial charge in [0.15, 0.2) is 0 Å². The standard InChI is InChI=1S/C19H28N4O3/c1-13-9-14(2)12-22(11-13)17-4-3-15(10-18(17)23(25)26)19(24)21-7-5-16(20)6-8-21/h3-4,10,13-14,16H,5-9,11-12,20H2,1-2H3. The molecule has 0 spiro atoms. The van der Waals surface area contributed by atoms with E-state index in [9.17, 15) is 14.9 Å². The van der Waals surface area contributed by atoms with E-state index in [0.717, 1.165) is 32.4 Å². The predicted octanol–water partition coefficient (Wildman–Crippen LogP) is 2.64. The van der Waals surface area contributed by atoms with Gasteiger partial charge in [-0.3, -0.25) is 14.9 Å². The molecule has 2 atom stereocenters. The minimum Gasteiger partial charge on any atom is -0.365 e. The Labute approximate surface area is 154 Å². The van der Waals surface area contributed by atoms with Crippen LogP contribution in [0.2, 0.25) is 0 Å². The number of likely N-dealkylation sites (tertiary alicyclic amines) is 1. The quantitative estimate of drug-likeness (QED) is 0.661. The Hall–Kier alpha value is -2.15. The molecule has 2 fully saturated rings. The first-order valence-corrected chi connectivity index (χ1v) is 9.43. The van der Waals surface area contributed by atoms with Crippen LogP contribution in [0, 0.1) is 22.0 Å². The molecule has 3 rings (SSSR count). The van der Waals surface area contributed by atoms with Gasteiger partial charge in [0.05, 0.1) is 4.92 Å². The molecule has 1 aromatic rings. The average Bonchev–Trinajstić information content (AvgIpc) is 2.60. The molecule has 0 saturated carbocycles. The van der Waals surface area contributed by atoms with Crippen molar-refractivity contribution in [1.29, 1.82) is 0 Å². The topological polar surface area (TPSA) is 92.7 Å². The minimum absolute atomic E-state index is 0.0193.